The number of rotatable bonds is 7. The number of carbonyl (C=O) groups is 1. The van der Waals surface area contributed by atoms with Crippen molar-refractivity contribution in [3.8, 4) is 0 Å². The Morgan fingerprint density at radius 1 is 1.26 bits per heavy atom. The Bertz CT molecular complexity index is 393. The lowest BCUT2D eigenvalue weighted by Crippen LogP contribution is -2.15. The quantitative estimate of drug-likeness (QED) is 0.548. The highest BCUT2D eigenvalue weighted by Gasteiger charge is 2.21. The predicted molar refractivity (Wildman–Crippen MR) is 72.6 cm³/mol. The molecular weight excluding hydrogens is 270 g/mol. The fourth-order valence-corrected chi connectivity index (χ4v) is 2.33. The average Bonchev–Trinajstić information content (AvgIpc) is 2.36. The summed E-state index contributed by atoms with van der Waals surface area (Å²) in [6.45, 7) is 4.11. The monoisotopic (exact) mass is 288 g/mol. The van der Waals surface area contributed by atoms with Crippen molar-refractivity contribution < 1.29 is 18.3 Å². The van der Waals surface area contributed by atoms with Crippen molar-refractivity contribution in [2.45, 2.75) is 43.3 Å². The standard InChI is InChI=1S/C14H18F2O2S/c1-3-5-12(13(17)18-4-2)10-6-8-11(9-7-10)19-14(15)16/h6-9,12,14H,3-5H2,1-2H3. The zero-order valence-corrected chi connectivity index (χ0v) is 11.9. The minimum atomic E-state index is -2.43. The van der Waals surface area contributed by atoms with Crippen LogP contribution in [0.5, 0.6) is 0 Å². The highest BCUT2D eigenvalue weighted by atomic mass is 32.2. The van der Waals surface area contributed by atoms with Gasteiger partial charge in [0.05, 0.1) is 12.5 Å². The summed E-state index contributed by atoms with van der Waals surface area (Å²) in [5.41, 5.74) is 0.818. The second-order valence-electron chi connectivity index (χ2n) is 4.04. The summed E-state index contributed by atoms with van der Waals surface area (Å²) in [4.78, 5) is 12.3. The Kier molecular flexibility index (Phi) is 6.84. The van der Waals surface area contributed by atoms with E-state index in [-0.39, 0.29) is 11.9 Å². The number of esters is 1. The minimum Gasteiger partial charge on any atom is -0.466 e. The summed E-state index contributed by atoms with van der Waals surface area (Å²) >= 11 is 0.501. The first-order valence-electron chi connectivity index (χ1n) is 6.29. The third kappa shape index (κ3) is 5.19. The van der Waals surface area contributed by atoms with Gasteiger partial charge in [-0.3, -0.25) is 4.79 Å². The number of ether oxygens (including phenoxy) is 1. The fourth-order valence-electron chi connectivity index (χ4n) is 1.83. The maximum absolute atomic E-state index is 12.2. The van der Waals surface area contributed by atoms with Gasteiger partial charge in [0.2, 0.25) is 0 Å². The second-order valence-corrected chi connectivity index (χ2v) is 5.10. The van der Waals surface area contributed by atoms with Crippen molar-refractivity contribution in [2.24, 2.45) is 0 Å². The van der Waals surface area contributed by atoms with Gasteiger partial charge in [0.25, 0.3) is 5.76 Å². The van der Waals surface area contributed by atoms with Crippen LogP contribution in [0.3, 0.4) is 0 Å². The molecule has 1 aromatic carbocycles. The average molecular weight is 288 g/mol. The van der Waals surface area contributed by atoms with E-state index in [0.717, 1.165) is 12.0 Å². The lowest BCUT2D eigenvalue weighted by Gasteiger charge is -2.15. The van der Waals surface area contributed by atoms with Gasteiger partial charge in [-0.15, -0.1) is 0 Å². The summed E-state index contributed by atoms with van der Waals surface area (Å²) in [6, 6.07) is 6.69. The normalized spacial score (nSPS) is 12.5. The van der Waals surface area contributed by atoms with Crippen LogP contribution in [0.25, 0.3) is 0 Å². The molecule has 0 aliphatic carbocycles. The third-order valence-corrected chi connectivity index (χ3v) is 3.38. The maximum Gasteiger partial charge on any atom is 0.313 e. The lowest BCUT2D eigenvalue weighted by atomic mass is 9.95. The fraction of sp³-hybridized carbons (Fsp3) is 0.500. The summed E-state index contributed by atoms with van der Waals surface area (Å²) in [6.07, 6.45) is 1.55. The van der Waals surface area contributed by atoms with Crippen LogP contribution in [-0.2, 0) is 9.53 Å². The van der Waals surface area contributed by atoms with Crippen LogP contribution in [0, 0.1) is 0 Å². The van der Waals surface area contributed by atoms with Crippen molar-refractivity contribution in [1.82, 2.24) is 0 Å². The number of alkyl halides is 2. The molecule has 0 saturated carbocycles. The van der Waals surface area contributed by atoms with Crippen molar-refractivity contribution >= 4 is 17.7 Å². The molecule has 0 amide bonds. The molecular formula is C14H18F2O2S. The lowest BCUT2D eigenvalue weighted by molar-refractivity contribution is -0.145. The van der Waals surface area contributed by atoms with Crippen LogP contribution in [0.2, 0.25) is 0 Å². The molecule has 0 bridgehead atoms. The predicted octanol–water partition coefficient (Wildman–Crippen LogP) is 4.45. The number of hydrogen-bond donors (Lipinski definition) is 0. The number of benzene rings is 1. The zero-order chi connectivity index (χ0) is 14.3. The van der Waals surface area contributed by atoms with Crippen molar-refractivity contribution in [1.29, 1.82) is 0 Å². The minimum absolute atomic E-state index is 0.251. The van der Waals surface area contributed by atoms with Crippen molar-refractivity contribution in [3.63, 3.8) is 0 Å². The summed E-state index contributed by atoms with van der Waals surface area (Å²) in [5.74, 6) is -2.99. The van der Waals surface area contributed by atoms with Crippen LogP contribution in [0.15, 0.2) is 29.2 Å². The molecule has 0 aromatic heterocycles. The molecule has 0 fully saturated rings. The molecule has 1 rings (SSSR count). The van der Waals surface area contributed by atoms with Gasteiger partial charge in [0.15, 0.2) is 0 Å². The molecule has 1 unspecified atom stereocenters. The SMILES string of the molecule is CCCC(C(=O)OCC)c1ccc(SC(F)F)cc1. The smallest absolute Gasteiger partial charge is 0.313 e. The molecule has 0 aliphatic heterocycles. The number of thioether (sulfide) groups is 1. The molecule has 1 atom stereocenters. The second kappa shape index (κ2) is 8.15. The molecule has 0 aliphatic rings. The molecule has 0 heterocycles. The largest absolute Gasteiger partial charge is 0.466 e. The third-order valence-electron chi connectivity index (χ3n) is 2.66. The molecule has 1 aromatic rings. The molecule has 2 nitrogen and oxygen atoms in total. The summed E-state index contributed by atoms with van der Waals surface area (Å²) in [7, 11) is 0. The number of halogens is 2. The van der Waals surface area contributed by atoms with E-state index in [1.807, 2.05) is 6.92 Å². The van der Waals surface area contributed by atoms with Crippen molar-refractivity contribution in [3.05, 3.63) is 29.8 Å². The zero-order valence-electron chi connectivity index (χ0n) is 11.1. The van der Waals surface area contributed by atoms with Gasteiger partial charge in [0, 0.05) is 4.90 Å². The van der Waals surface area contributed by atoms with Gasteiger partial charge in [-0.2, -0.15) is 8.78 Å². The molecule has 19 heavy (non-hydrogen) atoms. The van der Waals surface area contributed by atoms with Crippen LogP contribution in [-0.4, -0.2) is 18.3 Å². The Morgan fingerprint density at radius 2 is 1.89 bits per heavy atom. The molecule has 106 valence electrons. The Hall–Kier alpha value is -1.10. The van der Waals surface area contributed by atoms with Gasteiger partial charge >= 0.3 is 5.97 Å². The van der Waals surface area contributed by atoms with Gasteiger partial charge in [-0.25, -0.2) is 0 Å². The first kappa shape index (κ1) is 16.0. The number of hydrogen-bond acceptors (Lipinski definition) is 3. The van der Waals surface area contributed by atoms with Crippen LogP contribution in [0.1, 0.15) is 38.2 Å². The van der Waals surface area contributed by atoms with E-state index in [9.17, 15) is 13.6 Å². The maximum atomic E-state index is 12.2. The summed E-state index contributed by atoms with van der Waals surface area (Å²) in [5, 5.41) is 0. The van der Waals surface area contributed by atoms with Crippen LogP contribution < -0.4 is 0 Å². The molecule has 0 saturated heterocycles. The highest BCUT2D eigenvalue weighted by molar-refractivity contribution is 7.99. The number of carbonyl (C=O) groups excluding carboxylic acids is 1. The van der Waals surface area contributed by atoms with Gasteiger partial charge < -0.3 is 4.74 Å². The van der Waals surface area contributed by atoms with E-state index in [1.54, 1.807) is 31.2 Å². The van der Waals surface area contributed by atoms with E-state index in [4.69, 9.17) is 4.74 Å². The Labute approximate surface area is 116 Å². The topological polar surface area (TPSA) is 26.3 Å². The van der Waals surface area contributed by atoms with E-state index in [2.05, 4.69) is 0 Å². The van der Waals surface area contributed by atoms with Crippen LogP contribution in [0.4, 0.5) is 8.78 Å². The first-order chi connectivity index (χ1) is 9.08. The van der Waals surface area contributed by atoms with E-state index < -0.39 is 5.76 Å². The van der Waals surface area contributed by atoms with E-state index in [0.29, 0.717) is 29.7 Å². The molecule has 0 spiro atoms. The Balaban J connectivity index is 2.81. The molecule has 0 N–H and O–H groups in total. The highest BCUT2D eigenvalue weighted by Crippen LogP contribution is 2.28. The summed E-state index contributed by atoms with van der Waals surface area (Å²) < 4.78 is 29.5. The van der Waals surface area contributed by atoms with Gasteiger partial charge in [-0.1, -0.05) is 37.2 Å². The van der Waals surface area contributed by atoms with E-state index >= 15 is 0 Å². The Morgan fingerprint density at radius 3 is 2.37 bits per heavy atom. The van der Waals surface area contributed by atoms with Gasteiger partial charge in [-0.05, 0) is 31.0 Å². The molecule has 5 heteroatoms. The first-order valence-corrected chi connectivity index (χ1v) is 7.17. The van der Waals surface area contributed by atoms with E-state index in [1.165, 1.54) is 0 Å². The van der Waals surface area contributed by atoms with Crippen LogP contribution >= 0.6 is 11.8 Å². The molecule has 0 radical (unpaired) electrons. The van der Waals surface area contributed by atoms with Crippen molar-refractivity contribution in [2.75, 3.05) is 6.61 Å². The van der Waals surface area contributed by atoms with Gasteiger partial charge in [0.1, 0.15) is 0 Å².